The number of nitrogens with zero attached hydrogens (tertiary/aromatic N) is 4. The van der Waals surface area contributed by atoms with Crippen molar-refractivity contribution in [1.82, 2.24) is 19.7 Å². The summed E-state index contributed by atoms with van der Waals surface area (Å²) in [5, 5.41) is 12.2. The fourth-order valence-electron chi connectivity index (χ4n) is 2.52. The van der Waals surface area contributed by atoms with E-state index in [1.54, 1.807) is 29.5 Å². The Morgan fingerprint density at radius 2 is 1.96 bits per heavy atom. The molecule has 0 saturated carbocycles. The number of thiazole rings is 1. The van der Waals surface area contributed by atoms with Crippen LogP contribution < -0.4 is 10.6 Å². The Hall–Kier alpha value is -3.52. The average Bonchev–Trinajstić information content (AvgIpc) is 3.33. The van der Waals surface area contributed by atoms with E-state index in [2.05, 4.69) is 25.7 Å². The number of carbonyl (C=O) groups excluding carboxylic acids is 1. The van der Waals surface area contributed by atoms with E-state index in [1.165, 1.54) is 11.3 Å². The highest BCUT2D eigenvalue weighted by molar-refractivity contribution is 7.14. The maximum Gasteiger partial charge on any atom is 0.325 e. The van der Waals surface area contributed by atoms with E-state index >= 15 is 0 Å². The van der Waals surface area contributed by atoms with Crippen LogP contribution in [0.3, 0.4) is 0 Å². The summed E-state index contributed by atoms with van der Waals surface area (Å²) in [6, 6.07) is 13.4. The van der Waals surface area contributed by atoms with Crippen LogP contribution in [0, 0.1) is 0 Å². The minimum Gasteiger partial charge on any atom is -0.305 e. The van der Waals surface area contributed by atoms with Crippen LogP contribution in [0.5, 0.6) is 0 Å². The molecule has 0 saturated heterocycles. The number of hydrogen-bond acceptors (Lipinski definition) is 5. The van der Waals surface area contributed by atoms with Gasteiger partial charge in [0.2, 0.25) is 0 Å². The molecule has 134 valence electrons. The summed E-state index contributed by atoms with van der Waals surface area (Å²) in [5.41, 5.74) is 3.44. The van der Waals surface area contributed by atoms with E-state index in [0.29, 0.717) is 17.4 Å². The number of urea groups is 1. The van der Waals surface area contributed by atoms with Crippen molar-refractivity contribution in [1.29, 1.82) is 0 Å². The molecule has 0 radical (unpaired) electrons. The fraction of sp³-hybridized carbons (Fsp3) is 0.0526. The van der Waals surface area contributed by atoms with E-state index in [0.717, 1.165) is 16.8 Å². The first-order valence-electron chi connectivity index (χ1n) is 8.26. The standard InChI is InChI=1S/C19H16N6OS/c26-18(24-19-23-17(13-27-19)15-7-4-8-20-9-15)22-16-10-21-25(12-16)11-14-5-2-1-3-6-14/h1-10,12-13H,11H2,(H2,22,23,24,26). The molecular formula is C19H16N6OS. The van der Waals surface area contributed by atoms with Crippen molar-refractivity contribution in [3.05, 3.63) is 78.2 Å². The number of amides is 2. The molecule has 4 aromatic rings. The molecule has 0 atom stereocenters. The van der Waals surface area contributed by atoms with Crippen LogP contribution in [0.25, 0.3) is 11.3 Å². The molecule has 0 aliphatic heterocycles. The highest BCUT2D eigenvalue weighted by Crippen LogP contribution is 2.24. The second-order valence-corrected chi connectivity index (χ2v) is 6.63. The lowest BCUT2D eigenvalue weighted by atomic mass is 10.2. The molecule has 8 heteroatoms. The number of pyridine rings is 1. The van der Waals surface area contributed by atoms with Crippen molar-refractivity contribution in [2.75, 3.05) is 10.6 Å². The number of carbonyl (C=O) groups is 1. The largest absolute Gasteiger partial charge is 0.325 e. The third-order valence-corrected chi connectivity index (χ3v) is 4.52. The summed E-state index contributed by atoms with van der Waals surface area (Å²) in [4.78, 5) is 20.7. The van der Waals surface area contributed by atoms with Gasteiger partial charge in [-0.1, -0.05) is 30.3 Å². The van der Waals surface area contributed by atoms with Crippen molar-refractivity contribution in [2.45, 2.75) is 6.54 Å². The van der Waals surface area contributed by atoms with Crippen LogP contribution in [0.4, 0.5) is 15.6 Å². The van der Waals surface area contributed by atoms with E-state index in [4.69, 9.17) is 0 Å². The fourth-order valence-corrected chi connectivity index (χ4v) is 3.24. The van der Waals surface area contributed by atoms with E-state index in [1.807, 2.05) is 47.8 Å². The summed E-state index contributed by atoms with van der Waals surface area (Å²) in [6.07, 6.45) is 6.85. The number of nitrogens with one attached hydrogen (secondary N) is 2. The predicted octanol–water partition coefficient (Wildman–Crippen LogP) is 4.09. The molecule has 3 heterocycles. The molecule has 0 spiro atoms. The van der Waals surface area contributed by atoms with Gasteiger partial charge in [0.1, 0.15) is 0 Å². The molecule has 0 unspecified atom stereocenters. The Kier molecular flexibility index (Phi) is 4.88. The number of anilines is 2. The van der Waals surface area contributed by atoms with Gasteiger partial charge in [-0.15, -0.1) is 11.3 Å². The number of aromatic nitrogens is 4. The lowest BCUT2D eigenvalue weighted by Gasteiger charge is -2.03. The maximum absolute atomic E-state index is 12.2. The lowest BCUT2D eigenvalue weighted by Crippen LogP contribution is -2.19. The third-order valence-electron chi connectivity index (χ3n) is 3.76. The quantitative estimate of drug-likeness (QED) is 0.549. The van der Waals surface area contributed by atoms with Crippen LogP contribution in [0.2, 0.25) is 0 Å². The van der Waals surface area contributed by atoms with Crippen LogP contribution in [-0.2, 0) is 6.54 Å². The normalized spacial score (nSPS) is 10.5. The Labute approximate surface area is 159 Å². The zero-order chi connectivity index (χ0) is 18.5. The Balaban J connectivity index is 1.35. The highest BCUT2D eigenvalue weighted by Gasteiger charge is 2.09. The first-order valence-corrected chi connectivity index (χ1v) is 9.14. The summed E-state index contributed by atoms with van der Waals surface area (Å²) in [5.74, 6) is 0. The predicted molar refractivity (Wildman–Crippen MR) is 106 cm³/mol. The smallest absolute Gasteiger partial charge is 0.305 e. The van der Waals surface area contributed by atoms with Crippen LogP contribution >= 0.6 is 11.3 Å². The molecule has 0 fully saturated rings. The van der Waals surface area contributed by atoms with Crippen molar-refractivity contribution < 1.29 is 4.79 Å². The Bertz CT molecular complexity index is 1030. The first kappa shape index (κ1) is 16.9. The van der Waals surface area contributed by atoms with Gasteiger partial charge in [-0.25, -0.2) is 9.78 Å². The number of hydrogen-bond donors (Lipinski definition) is 2. The molecule has 4 rings (SSSR count). The molecular weight excluding hydrogens is 360 g/mol. The van der Waals surface area contributed by atoms with Gasteiger partial charge in [-0.3, -0.25) is 15.0 Å². The first-order chi connectivity index (χ1) is 13.3. The molecule has 0 bridgehead atoms. The van der Waals surface area contributed by atoms with Crippen molar-refractivity contribution >= 4 is 28.2 Å². The second-order valence-electron chi connectivity index (χ2n) is 5.77. The third kappa shape index (κ3) is 4.36. The van der Waals surface area contributed by atoms with Crippen LogP contribution in [0.1, 0.15) is 5.56 Å². The van der Waals surface area contributed by atoms with Gasteiger partial charge in [0.05, 0.1) is 24.1 Å². The number of rotatable bonds is 5. The average molecular weight is 376 g/mol. The Morgan fingerprint density at radius 3 is 2.78 bits per heavy atom. The molecule has 0 aliphatic rings. The van der Waals surface area contributed by atoms with Gasteiger partial charge >= 0.3 is 6.03 Å². The molecule has 0 aliphatic carbocycles. The van der Waals surface area contributed by atoms with E-state index < -0.39 is 0 Å². The highest BCUT2D eigenvalue weighted by atomic mass is 32.1. The molecule has 7 nitrogen and oxygen atoms in total. The summed E-state index contributed by atoms with van der Waals surface area (Å²) in [7, 11) is 0. The SMILES string of the molecule is O=C(Nc1cnn(Cc2ccccc2)c1)Nc1nc(-c2cccnc2)cs1. The zero-order valence-corrected chi connectivity index (χ0v) is 15.1. The lowest BCUT2D eigenvalue weighted by molar-refractivity contribution is 0.262. The maximum atomic E-state index is 12.2. The monoisotopic (exact) mass is 376 g/mol. The van der Waals surface area contributed by atoms with Crippen molar-refractivity contribution in [3.63, 3.8) is 0 Å². The topological polar surface area (TPSA) is 84.7 Å². The van der Waals surface area contributed by atoms with Gasteiger partial charge in [-0.2, -0.15) is 5.10 Å². The molecule has 1 aromatic carbocycles. The van der Waals surface area contributed by atoms with Gasteiger partial charge in [0, 0.05) is 29.5 Å². The van der Waals surface area contributed by atoms with E-state index in [9.17, 15) is 4.79 Å². The zero-order valence-electron chi connectivity index (χ0n) is 14.2. The molecule has 2 N–H and O–H groups in total. The minimum atomic E-state index is -0.360. The van der Waals surface area contributed by atoms with Gasteiger partial charge in [-0.05, 0) is 17.7 Å². The summed E-state index contributed by atoms with van der Waals surface area (Å²) < 4.78 is 1.77. The second kappa shape index (κ2) is 7.79. The van der Waals surface area contributed by atoms with Crippen molar-refractivity contribution in [3.8, 4) is 11.3 Å². The van der Waals surface area contributed by atoms with Gasteiger partial charge in [0.15, 0.2) is 5.13 Å². The Morgan fingerprint density at radius 1 is 1.07 bits per heavy atom. The number of benzene rings is 1. The van der Waals surface area contributed by atoms with Crippen molar-refractivity contribution in [2.24, 2.45) is 0 Å². The van der Waals surface area contributed by atoms with Crippen LogP contribution in [0.15, 0.2) is 72.6 Å². The van der Waals surface area contributed by atoms with Gasteiger partial charge in [0.25, 0.3) is 0 Å². The summed E-state index contributed by atoms with van der Waals surface area (Å²) >= 11 is 1.36. The molecule has 27 heavy (non-hydrogen) atoms. The molecule has 2 amide bonds. The summed E-state index contributed by atoms with van der Waals surface area (Å²) in [6.45, 7) is 0.644. The van der Waals surface area contributed by atoms with Gasteiger partial charge < -0.3 is 5.32 Å². The molecule has 3 aromatic heterocycles. The minimum absolute atomic E-state index is 0.360. The van der Waals surface area contributed by atoms with Crippen LogP contribution in [-0.4, -0.2) is 25.8 Å². The van der Waals surface area contributed by atoms with E-state index in [-0.39, 0.29) is 6.03 Å².